The van der Waals surface area contributed by atoms with Crippen LogP contribution in [0.4, 0.5) is 10.5 Å². The molecule has 2 bridgehead atoms. The molecule has 5 heteroatoms. The number of nitrogens with zero attached hydrogens (tertiary/aromatic N) is 2. The summed E-state index contributed by atoms with van der Waals surface area (Å²) in [4.78, 5) is 18.5. The highest BCUT2D eigenvalue weighted by Gasteiger charge is 2.50. The van der Waals surface area contributed by atoms with Crippen LogP contribution in [-0.4, -0.2) is 27.5 Å². The van der Waals surface area contributed by atoms with Crippen molar-refractivity contribution in [2.45, 2.75) is 63.7 Å². The molecule has 1 saturated carbocycles. The molecule has 1 aromatic heterocycles. The van der Waals surface area contributed by atoms with Crippen molar-refractivity contribution in [1.29, 1.82) is 0 Å². The fraction of sp³-hybridized carbons (Fsp3) is 0.625. The van der Waals surface area contributed by atoms with E-state index in [4.69, 9.17) is 4.74 Å². The van der Waals surface area contributed by atoms with Gasteiger partial charge in [0.1, 0.15) is 11.3 Å². The van der Waals surface area contributed by atoms with Gasteiger partial charge in [-0.1, -0.05) is 0 Å². The van der Waals surface area contributed by atoms with Gasteiger partial charge in [0.05, 0.1) is 11.4 Å². The van der Waals surface area contributed by atoms with Crippen LogP contribution in [-0.2, 0) is 4.74 Å². The Kier molecular flexibility index (Phi) is 3.20. The molecule has 1 fully saturated rings. The van der Waals surface area contributed by atoms with E-state index in [9.17, 15) is 9.90 Å². The maximum absolute atomic E-state index is 12.6. The average Bonchev–Trinajstić information content (AvgIpc) is 2.36. The first kappa shape index (κ1) is 14.3. The van der Waals surface area contributed by atoms with Gasteiger partial charge in [0, 0.05) is 18.5 Å². The Morgan fingerprint density at radius 3 is 3.00 bits per heavy atom. The number of aliphatic hydroxyl groups is 1. The van der Waals surface area contributed by atoms with E-state index < -0.39 is 17.4 Å². The zero-order valence-electron chi connectivity index (χ0n) is 12.8. The monoisotopic (exact) mass is 290 g/mol. The van der Waals surface area contributed by atoms with E-state index >= 15 is 0 Å². The summed E-state index contributed by atoms with van der Waals surface area (Å²) in [6, 6.07) is 3.63. The van der Waals surface area contributed by atoms with Gasteiger partial charge in [-0.05, 0) is 52.2 Å². The highest BCUT2D eigenvalue weighted by atomic mass is 16.6. The average molecular weight is 290 g/mol. The summed E-state index contributed by atoms with van der Waals surface area (Å²) in [7, 11) is 0. The number of hydrogen-bond acceptors (Lipinski definition) is 4. The third kappa shape index (κ3) is 2.50. The molecule has 0 saturated heterocycles. The summed E-state index contributed by atoms with van der Waals surface area (Å²) >= 11 is 0. The van der Waals surface area contributed by atoms with Crippen LogP contribution < -0.4 is 4.90 Å². The molecule has 21 heavy (non-hydrogen) atoms. The summed E-state index contributed by atoms with van der Waals surface area (Å²) in [6.45, 7) is 5.48. The Hall–Kier alpha value is -1.62. The Morgan fingerprint density at radius 2 is 2.29 bits per heavy atom. The van der Waals surface area contributed by atoms with Gasteiger partial charge >= 0.3 is 6.09 Å². The number of fused-ring (bicyclic) bond motifs is 4. The molecule has 0 aromatic carbocycles. The van der Waals surface area contributed by atoms with E-state index in [2.05, 4.69) is 4.98 Å². The van der Waals surface area contributed by atoms with Crippen molar-refractivity contribution >= 4 is 11.8 Å². The highest BCUT2D eigenvalue weighted by Crippen LogP contribution is 2.49. The molecule has 2 aliphatic rings. The van der Waals surface area contributed by atoms with Gasteiger partial charge in [0.2, 0.25) is 0 Å². The van der Waals surface area contributed by atoms with Gasteiger partial charge in [-0.3, -0.25) is 4.98 Å². The van der Waals surface area contributed by atoms with Crippen LogP contribution in [0.5, 0.6) is 0 Å². The third-order valence-electron chi connectivity index (χ3n) is 4.14. The van der Waals surface area contributed by atoms with Gasteiger partial charge in [0.15, 0.2) is 0 Å². The summed E-state index contributed by atoms with van der Waals surface area (Å²) in [6.07, 6.45) is 4.25. The molecule has 0 spiro atoms. The SMILES string of the molecule is CC(C)(C)OC(=O)N1c2cccnc2C2CCCC1(O)C2. The van der Waals surface area contributed by atoms with Crippen molar-refractivity contribution in [1.82, 2.24) is 4.98 Å². The van der Waals surface area contributed by atoms with Crippen LogP contribution >= 0.6 is 0 Å². The van der Waals surface area contributed by atoms with Crippen molar-refractivity contribution in [3.63, 3.8) is 0 Å². The van der Waals surface area contributed by atoms with Crippen LogP contribution in [0.25, 0.3) is 0 Å². The number of hydrogen-bond donors (Lipinski definition) is 1. The summed E-state index contributed by atoms with van der Waals surface area (Å²) < 4.78 is 5.49. The molecule has 1 amide bonds. The summed E-state index contributed by atoms with van der Waals surface area (Å²) in [5.74, 6) is 0.221. The molecule has 0 radical (unpaired) electrons. The second-order valence-electron chi connectivity index (χ2n) is 7.00. The predicted octanol–water partition coefficient (Wildman–Crippen LogP) is 3.18. The van der Waals surface area contributed by atoms with Gasteiger partial charge in [0.25, 0.3) is 0 Å². The van der Waals surface area contributed by atoms with E-state index in [1.807, 2.05) is 26.8 Å². The quantitative estimate of drug-likeness (QED) is 0.797. The van der Waals surface area contributed by atoms with Crippen molar-refractivity contribution in [2.24, 2.45) is 0 Å². The lowest BCUT2D eigenvalue weighted by Crippen LogP contribution is -2.58. The molecule has 2 heterocycles. The van der Waals surface area contributed by atoms with E-state index in [1.165, 1.54) is 4.90 Å². The maximum Gasteiger partial charge on any atom is 0.417 e. The topological polar surface area (TPSA) is 62.7 Å². The van der Waals surface area contributed by atoms with Crippen LogP contribution in [0.3, 0.4) is 0 Å². The second-order valence-corrected chi connectivity index (χ2v) is 7.00. The van der Waals surface area contributed by atoms with Crippen molar-refractivity contribution in [3.8, 4) is 0 Å². The molecule has 5 nitrogen and oxygen atoms in total. The standard InChI is InChI=1S/C16H22N2O3/c1-15(2,3)21-14(19)18-12-7-5-9-17-13(12)11-6-4-8-16(18,20)10-11/h5,7,9,11,20H,4,6,8,10H2,1-3H3. The Morgan fingerprint density at radius 1 is 1.52 bits per heavy atom. The number of rotatable bonds is 0. The molecule has 2 atom stereocenters. The zero-order chi connectivity index (χ0) is 15.3. The van der Waals surface area contributed by atoms with Gasteiger partial charge < -0.3 is 9.84 Å². The normalized spacial score (nSPS) is 28.0. The van der Waals surface area contributed by atoms with Crippen LogP contribution in [0.2, 0.25) is 0 Å². The lowest BCUT2D eigenvalue weighted by atomic mass is 9.76. The number of carbonyl (C=O) groups excluding carboxylic acids is 1. The highest BCUT2D eigenvalue weighted by molar-refractivity contribution is 5.90. The van der Waals surface area contributed by atoms with E-state index in [-0.39, 0.29) is 5.92 Å². The third-order valence-corrected chi connectivity index (χ3v) is 4.14. The molecule has 1 aromatic rings. The molecule has 1 aliphatic heterocycles. The van der Waals surface area contributed by atoms with E-state index in [0.29, 0.717) is 18.5 Å². The fourth-order valence-electron chi connectivity index (χ4n) is 3.38. The molecular weight excluding hydrogens is 268 g/mol. The largest absolute Gasteiger partial charge is 0.443 e. The first-order chi connectivity index (χ1) is 9.80. The molecule has 3 rings (SSSR count). The minimum atomic E-state index is -1.15. The van der Waals surface area contributed by atoms with Gasteiger partial charge in [-0.2, -0.15) is 0 Å². The number of anilines is 1. The van der Waals surface area contributed by atoms with E-state index in [0.717, 1.165) is 18.5 Å². The van der Waals surface area contributed by atoms with E-state index in [1.54, 1.807) is 12.3 Å². The lowest BCUT2D eigenvalue weighted by molar-refractivity contribution is -0.0233. The molecule has 2 unspecified atom stereocenters. The van der Waals surface area contributed by atoms with Gasteiger partial charge in [-0.25, -0.2) is 9.69 Å². The molecule has 114 valence electrons. The summed E-state index contributed by atoms with van der Waals surface area (Å²) in [5.41, 5.74) is -0.166. The number of aromatic nitrogens is 1. The van der Waals surface area contributed by atoms with Crippen LogP contribution in [0.1, 0.15) is 58.1 Å². The van der Waals surface area contributed by atoms with Gasteiger partial charge in [-0.15, -0.1) is 0 Å². The number of ether oxygens (including phenoxy) is 1. The number of amides is 1. The van der Waals surface area contributed by atoms with Crippen molar-refractivity contribution in [3.05, 3.63) is 24.0 Å². The minimum Gasteiger partial charge on any atom is -0.443 e. The van der Waals surface area contributed by atoms with Crippen LogP contribution in [0, 0.1) is 0 Å². The van der Waals surface area contributed by atoms with Crippen LogP contribution in [0.15, 0.2) is 18.3 Å². The Bertz CT molecular complexity index is 567. The fourth-order valence-corrected chi connectivity index (χ4v) is 3.38. The number of pyridine rings is 1. The molecule has 1 N–H and O–H groups in total. The zero-order valence-corrected chi connectivity index (χ0v) is 12.8. The minimum absolute atomic E-state index is 0.221. The summed E-state index contributed by atoms with van der Waals surface area (Å²) in [5, 5.41) is 11.0. The van der Waals surface area contributed by atoms with Crippen molar-refractivity contribution < 1.29 is 14.6 Å². The lowest BCUT2D eigenvalue weighted by Gasteiger charge is -2.49. The molecule has 1 aliphatic carbocycles. The first-order valence-corrected chi connectivity index (χ1v) is 7.51. The smallest absolute Gasteiger partial charge is 0.417 e. The maximum atomic E-state index is 12.6. The van der Waals surface area contributed by atoms with Crippen molar-refractivity contribution in [2.75, 3.05) is 4.90 Å². The molecular formula is C16H22N2O3. The Labute approximate surface area is 124 Å². The number of carbonyl (C=O) groups is 1. The Balaban J connectivity index is 2.04. The second kappa shape index (κ2) is 4.70. The predicted molar refractivity (Wildman–Crippen MR) is 79.1 cm³/mol. The first-order valence-electron chi connectivity index (χ1n) is 7.51.